The van der Waals surface area contributed by atoms with Gasteiger partial charge >= 0.3 is 0 Å². The molecule has 16 heavy (non-hydrogen) atoms. The van der Waals surface area contributed by atoms with E-state index in [2.05, 4.69) is 10.0 Å². The van der Waals surface area contributed by atoms with Crippen LogP contribution in [0.5, 0.6) is 0 Å². The number of nitro groups is 1. The zero-order chi connectivity index (χ0) is 12.0. The summed E-state index contributed by atoms with van der Waals surface area (Å²) >= 11 is 0. The van der Waals surface area contributed by atoms with Crippen molar-refractivity contribution in [3.8, 4) is 0 Å². The Balaban J connectivity index is 2.99. The van der Waals surface area contributed by atoms with Crippen LogP contribution in [-0.2, 0) is 0 Å². The van der Waals surface area contributed by atoms with Crippen molar-refractivity contribution in [3.05, 3.63) is 56.0 Å². The van der Waals surface area contributed by atoms with Crippen LogP contribution in [0.15, 0.2) is 29.4 Å². The van der Waals surface area contributed by atoms with Gasteiger partial charge in [-0.3, -0.25) is 10.1 Å². The third-order valence-corrected chi connectivity index (χ3v) is 1.93. The molecule has 0 radical (unpaired) electrons. The Bertz CT molecular complexity index is 476. The Kier molecular flexibility index (Phi) is 4.06. The number of azide groups is 1. The highest BCUT2D eigenvalue weighted by molar-refractivity contribution is 5.61. The largest absolute Gasteiger partial charge is 0.276 e. The molecule has 0 aliphatic carbocycles. The average Bonchev–Trinajstić information content (AvgIpc) is 2.26. The maximum absolute atomic E-state index is 10.8. The average molecular weight is 218 g/mol. The molecular formula is C10H10N4O2. The summed E-state index contributed by atoms with van der Waals surface area (Å²) in [6, 6.07) is 4.97. The van der Waals surface area contributed by atoms with Crippen LogP contribution in [0.3, 0.4) is 0 Å². The second-order valence-corrected chi connectivity index (χ2v) is 3.14. The second kappa shape index (κ2) is 5.53. The van der Waals surface area contributed by atoms with Crippen molar-refractivity contribution >= 4 is 11.8 Å². The van der Waals surface area contributed by atoms with Crippen LogP contribution < -0.4 is 0 Å². The van der Waals surface area contributed by atoms with E-state index < -0.39 is 4.92 Å². The van der Waals surface area contributed by atoms with Gasteiger partial charge in [0.1, 0.15) is 0 Å². The van der Waals surface area contributed by atoms with E-state index in [4.69, 9.17) is 5.53 Å². The molecule has 1 aromatic rings. The number of benzene rings is 1. The summed E-state index contributed by atoms with van der Waals surface area (Å²) in [4.78, 5) is 12.9. The molecule has 0 fully saturated rings. The summed E-state index contributed by atoms with van der Waals surface area (Å²) in [5.74, 6) is 0. The highest BCUT2D eigenvalue weighted by atomic mass is 16.6. The number of rotatable bonds is 4. The van der Waals surface area contributed by atoms with Gasteiger partial charge in [-0.2, -0.15) is 0 Å². The van der Waals surface area contributed by atoms with Crippen LogP contribution in [0.2, 0.25) is 0 Å². The molecule has 0 saturated carbocycles. The van der Waals surface area contributed by atoms with Gasteiger partial charge in [-0.1, -0.05) is 23.3 Å². The van der Waals surface area contributed by atoms with Gasteiger partial charge in [0.15, 0.2) is 0 Å². The highest BCUT2D eigenvalue weighted by Gasteiger charge is 2.10. The van der Waals surface area contributed by atoms with Gasteiger partial charge in [0.05, 0.1) is 10.5 Å². The van der Waals surface area contributed by atoms with Gasteiger partial charge in [-0.25, -0.2) is 0 Å². The summed E-state index contributed by atoms with van der Waals surface area (Å²) in [6.07, 6.45) is 3.16. The molecule has 0 spiro atoms. The second-order valence-electron chi connectivity index (χ2n) is 3.14. The van der Waals surface area contributed by atoms with Crippen LogP contribution in [-0.4, -0.2) is 11.5 Å². The Labute approximate surface area is 92.0 Å². The van der Waals surface area contributed by atoms with E-state index in [1.165, 1.54) is 6.07 Å². The fourth-order valence-electron chi connectivity index (χ4n) is 1.22. The molecular weight excluding hydrogens is 208 g/mol. The predicted molar refractivity (Wildman–Crippen MR) is 60.9 cm³/mol. The topological polar surface area (TPSA) is 91.9 Å². The molecule has 1 rings (SSSR count). The molecule has 0 amide bonds. The van der Waals surface area contributed by atoms with Crippen molar-refractivity contribution in [3.63, 3.8) is 0 Å². The first kappa shape index (κ1) is 11.7. The molecule has 0 atom stereocenters. The summed E-state index contributed by atoms with van der Waals surface area (Å²) in [5, 5.41) is 14.1. The zero-order valence-corrected chi connectivity index (χ0v) is 8.70. The third-order valence-electron chi connectivity index (χ3n) is 1.93. The van der Waals surface area contributed by atoms with Crippen LogP contribution in [0, 0.1) is 17.0 Å². The molecule has 6 heteroatoms. The number of nitrogens with zero attached hydrogens (tertiary/aromatic N) is 4. The molecule has 0 aliphatic rings. The Morgan fingerprint density at radius 1 is 1.62 bits per heavy atom. The predicted octanol–water partition coefficient (Wildman–Crippen LogP) is 3.23. The highest BCUT2D eigenvalue weighted by Crippen LogP contribution is 2.21. The number of hydrogen-bond donors (Lipinski definition) is 0. The SMILES string of the molecule is Cc1ccc(C=CCN=[N+]=[N-])c([N+](=O)[O-])c1. The van der Waals surface area contributed by atoms with E-state index in [9.17, 15) is 10.1 Å². The number of hydrogen-bond acceptors (Lipinski definition) is 3. The standard InChI is InChI=1S/C10H10N4O2/c1-8-4-5-9(3-2-6-12-13-11)10(7-8)14(15)16/h2-5,7H,6H2,1H3. The molecule has 0 bridgehead atoms. The smallest absolute Gasteiger partial charge is 0.258 e. The molecule has 6 nitrogen and oxygen atoms in total. The van der Waals surface area contributed by atoms with E-state index in [0.29, 0.717) is 5.56 Å². The first-order valence-corrected chi connectivity index (χ1v) is 4.57. The van der Waals surface area contributed by atoms with E-state index in [0.717, 1.165) is 5.56 Å². The van der Waals surface area contributed by atoms with Crippen molar-refractivity contribution in [2.45, 2.75) is 6.92 Å². The molecule has 0 saturated heterocycles. The van der Waals surface area contributed by atoms with Crippen molar-refractivity contribution in [2.75, 3.05) is 6.54 Å². The molecule has 0 aliphatic heterocycles. The summed E-state index contributed by atoms with van der Waals surface area (Å²) < 4.78 is 0. The molecule has 82 valence electrons. The lowest BCUT2D eigenvalue weighted by atomic mass is 10.1. The molecule has 1 aromatic carbocycles. The Morgan fingerprint density at radius 2 is 2.38 bits per heavy atom. The molecule has 0 heterocycles. The lowest BCUT2D eigenvalue weighted by molar-refractivity contribution is -0.385. The number of aryl methyl sites for hydroxylation is 1. The minimum atomic E-state index is -0.430. The van der Waals surface area contributed by atoms with Crippen LogP contribution >= 0.6 is 0 Å². The van der Waals surface area contributed by atoms with Gasteiger partial charge in [-0.05, 0) is 24.1 Å². The normalized spacial score (nSPS) is 10.1. The van der Waals surface area contributed by atoms with Gasteiger partial charge in [0.25, 0.3) is 5.69 Å². The fraction of sp³-hybridized carbons (Fsp3) is 0.200. The maximum Gasteiger partial charge on any atom is 0.276 e. The first-order chi connectivity index (χ1) is 7.65. The maximum atomic E-state index is 10.8. The molecule has 0 N–H and O–H groups in total. The third kappa shape index (κ3) is 3.11. The summed E-state index contributed by atoms with van der Waals surface area (Å²) in [6.45, 7) is 1.97. The lowest BCUT2D eigenvalue weighted by Gasteiger charge is -1.98. The van der Waals surface area contributed by atoms with Gasteiger partial charge in [-0.15, -0.1) is 0 Å². The molecule has 0 aromatic heterocycles. The fourth-order valence-corrected chi connectivity index (χ4v) is 1.22. The monoisotopic (exact) mass is 218 g/mol. The van der Waals surface area contributed by atoms with Crippen LogP contribution in [0.1, 0.15) is 11.1 Å². The van der Waals surface area contributed by atoms with Crippen molar-refractivity contribution in [1.29, 1.82) is 0 Å². The van der Waals surface area contributed by atoms with Gasteiger partial charge in [0.2, 0.25) is 0 Å². The Morgan fingerprint density at radius 3 is 3.00 bits per heavy atom. The van der Waals surface area contributed by atoms with Crippen molar-refractivity contribution < 1.29 is 4.92 Å². The van der Waals surface area contributed by atoms with Gasteiger partial charge in [0, 0.05) is 17.5 Å². The zero-order valence-electron chi connectivity index (χ0n) is 8.70. The van der Waals surface area contributed by atoms with Gasteiger partial charge < -0.3 is 0 Å². The van der Waals surface area contributed by atoms with E-state index in [1.807, 2.05) is 0 Å². The Hall–Kier alpha value is -2.33. The van der Waals surface area contributed by atoms with E-state index >= 15 is 0 Å². The summed E-state index contributed by atoms with van der Waals surface area (Å²) in [5.41, 5.74) is 9.45. The van der Waals surface area contributed by atoms with Crippen molar-refractivity contribution in [1.82, 2.24) is 0 Å². The quantitative estimate of drug-likeness (QED) is 0.255. The van der Waals surface area contributed by atoms with Crippen LogP contribution in [0.4, 0.5) is 5.69 Å². The lowest BCUT2D eigenvalue weighted by Crippen LogP contribution is -1.92. The van der Waals surface area contributed by atoms with E-state index in [-0.39, 0.29) is 12.2 Å². The minimum Gasteiger partial charge on any atom is -0.258 e. The first-order valence-electron chi connectivity index (χ1n) is 4.57. The number of nitro benzene ring substituents is 1. The van der Waals surface area contributed by atoms with E-state index in [1.54, 1.807) is 31.2 Å². The minimum absolute atomic E-state index is 0.0530. The van der Waals surface area contributed by atoms with Crippen LogP contribution in [0.25, 0.3) is 16.5 Å². The molecule has 0 unspecified atom stereocenters. The van der Waals surface area contributed by atoms with Crippen molar-refractivity contribution in [2.24, 2.45) is 5.11 Å². The summed E-state index contributed by atoms with van der Waals surface area (Å²) in [7, 11) is 0.